The van der Waals surface area contributed by atoms with Gasteiger partial charge in [-0.05, 0) is 35.2 Å². The quantitative estimate of drug-likeness (QED) is 0.895. The molecule has 0 amide bonds. The maximum atomic E-state index is 5.61. The third kappa shape index (κ3) is 2.07. The highest BCUT2D eigenvalue weighted by Gasteiger charge is 2.25. The Kier molecular flexibility index (Phi) is 3.09. The van der Waals surface area contributed by atoms with Crippen molar-refractivity contribution in [3.05, 3.63) is 10.7 Å². The Labute approximate surface area is 98.0 Å². The molecule has 15 heavy (non-hydrogen) atoms. The van der Waals surface area contributed by atoms with Gasteiger partial charge >= 0.3 is 0 Å². The van der Waals surface area contributed by atoms with E-state index in [4.69, 9.17) is 5.73 Å². The summed E-state index contributed by atoms with van der Waals surface area (Å²) in [6.07, 6.45) is 5.35. The summed E-state index contributed by atoms with van der Waals surface area (Å²) >= 11 is 3.47. The highest BCUT2D eigenvalue weighted by molar-refractivity contribution is 9.10. The predicted octanol–water partition coefficient (Wildman–Crippen LogP) is 2.20. The average Bonchev–Trinajstić information content (AvgIpc) is 2.69. The second-order valence-electron chi connectivity index (χ2n) is 3.80. The summed E-state index contributed by atoms with van der Waals surface area (Å²) in [6, 6.07) is 0.593. The van der Waals surface area contributed by atoms with Gasteiger partial charge in [-0.25, -0.2) is 4.98 Å². The van der Waals surface area contributed by atoms with Crippen LogP contribution >= 0.6 is 15.9 Å². The maximum absolute atomic E-state index is 5.61. The van der Waals surface area contributed by atoms with Crippen LogP contribution in [0.5, 0.6) is 0 Å². The number of halogens is 1. The fourth-order valence-corrected chi connectivity index (χ4v) is 2.53. The first-order valence-corrected chi connectivity index (χ1v) is 6.06. The molecular weight excluding hydrogens is 256 g/mol. The van der Waals surface area contributed by atoms with E-state index in [0.717, 1.165) is 23.3 Å². The monoisotopic (exact) mass is 270 g/mol. The van der Waals surface area contributed by atoms with Crippen LogP contribution in [0.25, 0.3) is 0 Å². The van der Waals surface area contributed by atoms with E-state index in [1.165, 1.54) is 12.8 Å². The minimum Gasteiger partial charge on any atom is -0.368 e. The zero-order valence-electron chi connectivity index (χ0n) is 8.78. The third-order valence-corrected chi connectivity index (χ3v) is 3.42. The summed E-state index contributed by atoms with van der Waals surface area (Å²) in [7, 11) is 0. The van der Waals surface area contributed by atoms with E-state index in [1.807, 2.05) is 0 Å². The van der Waals surface area contributed by atoms with Gasteiger partial charge in [0.25, 0.3) is 0 Å². The molecular formula is C10H15BrN4. The lowest BCUT2D eigenvalue weighted by Gasteiger charge is -2.25. The number of nitrogen functional groups attached to an aromatic ring is 1. The third-order valence-electron chi connectivity index (χ3n) is 2.86. The molecule has 2 heterocycles. The van der Waals surface area contributed by atoms with E-state index >= 15 is 0 Å². The maximum Gasteiger partial charge on any atom is 0.222 e. The van der Waals surface area contributed by atoms with Crippen molar-refractivity contribution in [2.45, 2.75) is 32.2 Å². The highest BCUT2D eigenvalue weighted by atomic mass is 79.9. The second-order valence-corrected chi connectivity index (χ2v) is 4.65. The van der Waals surface area contributed by atoms with Crippen LogP contribution in [0, 0.1) is 0 Å². The molecule has 0 bridgehead atoms. The van der Waals surface area contributed by atoms with Gasteiger partial charge in [-0.15, -0.1) is 0 Å². The molecule has 1 unspecified atom stereocenters. The van der Waals surface area contributed by atoms with E-state index in [0.29, 0.717) is 12.0 Å². The Morgan fingerprint density at radius 1 is 1.67 bits per heavy atom. The number of nitrogens with zero attached hydrogens (tertiary/aromatic N) is 3. The fourth-order valence-electron chi connectivity index (χ4n) is 2.11. The molecule has 0 spiro atoms. The lowest BCUT2D eigenvalue weighted by molar-refractivity contribution is 0.639. The van der Waals surface area contributed by atoms with Crippen molar-refractivity contribution in [3.8, 4) is 0 Å². The molecule has 0 radical (unpaired) electrons. The standard InChI is InChI=1S/C10H15BrN4/c1-2-7-4-3-5-15(7)9-8(11)6-13-10(12)14-9/h6-7H,2-5H2,1H3,(H2,12,13,14). The number of rotatable bonds is 2. The van der Waals surface area contributed by atoms with Gasteiger partial charge in [0.2, 0.25) is 5.95 Å². The van der Waals surface area contributed by atoms with Crippen LogP contribution in [0.2, 0.25) is 0 Å². The van der Waals surface area contributed by atoms with Crippen LogP contribution in [-0.2, 0) is 0 Å². The van der Waals surface area contributed by atoms with Gasteiger partial charge in [0, 0.05) is 18.8 Å². The zero-order valence-corrected chi connectivity index (χ0v) is 10.4. The topological polar surface area (TPSA) is 55.0 Å². The number of nitrogens with two attached hydrogens (primary N) is 1. The fraction of sp³-hybridized carbons (Fsp3) is 0.600. The molecule has 0 saturated carbocycles. The number of anilines is 2. The molecule has 0 aromatic carbocycles. The summed E-state index contributed by atoms with van der Waals surface area (Å²) in [5.74, 6) is 1.28. The Morgan fingerprint density at radius 3 is 3.20 bits per heavy atom. The van der Waals surface area contributed by atoms with Gasteiger partial charge < -0.3 is 10.6 Å². The van der Waals surface area contributed by atoms with E-state index in [9.17, 15) is 0 Å². The molecule has 1 fully saturated rings. The van der Waals surface area contributed by atoms with Crippen LogP contribution in [0.4, 0.5) is 11.8 Å². The Hall–Kier alpha value is -0.840. The number of hydrogen-bond acceptors (Lipinski definition) is 4. The minimum absolute atomic E-state index is 0.343. The zero-order chi connectivity index (χ0) is 10.8. The summed E-state index contributed by atoms with van der Waals surface area (Å²) in [5, 5.41) is 0. The molecule has 1 saturated heterocycles. The molecule has 4 nitrogen and oxygen atoms in total. The number of hydrogen-bond donors (Lipinski definition) is 1. The largest absolute Gasteiger partial charge is 0.368 e. The molecule has 0 aliphatic carbocycles. The lowest BCUT2D eigenvalue weighted by Crippen LogP contribution is -2.29. The van der Waals surface area contributed by atoms with Crippen molar-refractivity contribution in [2.24, 2.45) is 0 Å². The minimum atomic E-state index is 0.343. The van der Waals surface area contributed by atoms with Gasteiger partial charge in [-0.1, -0.05) is 6.92 Å². The van der Waals surface area contributed by atoms with Crippen molar-refractivity contribution in [1.82, 2.24) is 9.97 Å². The first-order chi connectivity index (χ1) is 7.22. The summed E-state index contributed by atoms with van der Waals surface area (Å²) in [5.41, 5.74) is 5.61. The Bertz CT molecular complexity index is 355. The van der Waals surface area contributed by atoms with Crippen LogP contribution in [0.15, 0.2) is 10.7 Å². The molecule has 1 aromatic rings. The second kappa shape index (κ2) is 4.35. The van der Waals surface area contributed by atoms with Crippen LogP contribution in [0.3, 0.4) is 0 Å². The smallest absolute Gasteiger partial charge is 0.222 e. The molecule has 1 aliphatic rings. The van der Waals surface area contributed by atoms with Gasteiger partial charge in [-0.3, -0.25) is 0 Å². The average molecular weight is 271 g/mol. The van der Waals surface area contributed by atoms with Gasteiger partial charge in [0.05, 0.1) is 4.47 Å². The normalized spacial score (nSPS) is 20.9. The van der Waals surface area contributed by atoms with E-state index in [-0.39, 0.29) is 0 Å². The first kappa shape index (κ1) is 10.7. The summed E-state index contributed by atoms with van der Waals surface area (Å²) in [4.78, 5) is 10.6. The first-order valence-electron chi connectivity index (χ1n) is 5.27. The predicted molar refractivity (Wildman–Crippen MR) is 64.8 cm³/mol. The number of aromatic nitrogens is 2. The summed E-state index contributed by atoms with van der Waals surface area (Å²) < 4.78 is 0.928. The molecule has 1 atom stereocenters. The summed E-state index contributed by atoms with van der Waals surface area (Å²) in [6.45, 7) is 3.27. The molecule has 2 rings (SSSR count). The Balaban J connectivity index is 2.31. The van der Waals surface area contributed by atoms with Crippen molar-refractivity contribution in [2.75, 3.05) is 17.2 Å². The van der Waals surface area contributed by atoms with Crippen molar-refractivity contribution in [3.63, 3.8) is 0 Å². The highest BCUT2D eigenvalue weighted by Crippen LogP contribution is 2.31. The van der Waals surface area contributed by atoms with Gasteiger partial charge in [-0.2, -0.15) is 4.98 Å². The van der Waals surface area contributed by atoms with Gasteiger partial charge in [0.1, 0.15) is 5.82 Å². The SMILES string of the molecule is CCC1CCCN1c1nc(N)ncc1Br. The molecule has 5 heteroatoms. The van der Waals surface area contributed by atoms with Crippen LogP contribution < -0.4 is 10.6 Å². The van der Waals surface area contributed by atoms with Gasteiger partial charge in [0.15, 0.2) is 0 Å². The molecule has 1 aromatic heterocycles. The molecule has 82 valence electrons. The Morgan fingerprint density at radius 2 is 2.47 bits per heavy atom. The van der Waals surface area contributed by atoms with Crippen LogP contribution in [-0.4, -0.2) is 22.6 Å². The van der Waals surface area contributed by atoms with E-state index in [2.05, 4.69) is 37.7 Å². The van der Waals surface area contributed by atoms with Crippen molar-refractivity contribution < 1.29 is 0 Å². The lowest BCUT2D eigenvalue weighted by atomic mass is 10.2. The van der Waals surface area contributed by atoms with E-state index in [1.54, 1.807) is 6.20 Å². The van der Waals surface area contributed by atoms with Crippen molar-refractivity contribution >= 4 is 27.7 Å². The molecule has 2 N–H and O–H groups in total. The van der Waals surface area contributed by atoms with Crippen LogP contribution in [0.1, 0.15) is 26.2 Å². The van der Waals surface area contributed by atoms with E-state index < -0.39 is 0 Å². The molecule has 1 aliphatic heterocycles. The van der Waals surface area contributed by atoms with Crippen molar-refractivity contribution in [1.29, 1.82) is 0 Å².